The molecule has 0 fully saturated rings. The second kappa shape index (κ2) is 7.96. The molecule has 4 heteroatoms. The summed E-state index contributed by atoms with van der Waals surface area (Å²) in [4.78, 5) is 4.42. The van der Waals surface area contributed by atoms with Gasteiger partial charge in [0.25, 0.3) is 0 Å². The molecule has 1 aromatic heterocycles. The molecular weight excluding hydrogens is 264 g/mol. The quantitative estimate of drug-likeness (QED) is 0.811. The first-order chi connectivity index (χ1) is 10.2. The van der Waals surface area contributed by atoms with Gasteiger partial charge in [0.1, 0.15) is 17.4 Å². The van der Waals surface area contributed by atoms with Crippen LogP contribution in [-0.2, 0) is 4.74 Å². The van der Waals surface area contributed by atoms with Crippen LogP contribution in [0.2, 0.25) is 0 Å². The number of nitrogens with zero attached hydrogens (tertiary/aromatic N) is 1. The van der Waals surface area contributed by atoms with Gasteiger partial charge in [-0.05, 0) is 24.6 Å². The van der Waals surface area contributed by atoms with Crippen molar-refractivity contribution in [3.05, 3.63) is 36.5 Å². The average Bonchev–Trinajstić information content (AvgIpc) is 2.47. The summed E-state index contributed by atoms with van der Waals surface area (Å²) >= 11 is 0. The van der Waals surface area contributed by atoms with E-state index in [1.54, 1.807) is 13.3 Å². The smallest absolute Gasteiger partial charge is 0.146 e. The highest BCUT2D eigenvalue weighted by Crippen LogP contribution is 2.23. The number of ether oxygens (including phenoxy) is 2. The minimum absolute atomic E-state index is 0.0265. The standard InChI is InChI=1S/C17H24N2O2/c1-13(2)10-18-11-15(12-20-3)21-16-8-4-6-14-7-5-9-19-17(14)16/h4-9,13,15,18H,10-12H2,1-3H3. The number of para-hydroxylation sites is 1. The molecule has 0 aliphatic rings. The fourth-order valence-electron chi connectivity index (χ4n) is 2.20. The Kier molecular flexibility index (Phi) is 5.96. The van der Waals surface area contributed by atoms with Gasteiger partial charge in [-0.15, -0.1) is 0 Å². The molecule has 0 aliphatic heterocycles. The molecule has 114 valence electrons. The molecule has 1 unspecified atom stereocenters. The molecule has 2 aromatic rings. The molecule has 0 aliphatic carbocycles. The van der Waals surface area contributed by atoms with Gasteiger partial charge in [0.05, 0.1) is 6.61 Å². The van der Waals surface area contributed by atoms with E-state index in [-0.39, 0.29) is 6.10 Å². The molecule has 0 saturated heterocycles. The van der Waals surface area contributed by atoms with Crippen molar-refractivity contribution < 1.29 is 9.47 Å². The monoisotopic (exact) mass is 288 g/mol. The molecule has 1 N–H and O–H groups in total. The van der Waals surface area contributed by atoms with Crippen LogP contribution in [0.15, 0.2) is 36.5 Å². The van der Waals surface area contributed by atoms with Gasteiger partial charge in [0, 0.05) is 25.2 Å². The molecule has 0 bridgehead atoms. The third kappa shape index (κ3) is 4.69. The molecule has 4 nitrogen and oxygen atoms in total. The summed E-state index contributed by atoms with van der Waals surface area (Å²) in [6.07, 6.45) is 1.76. The van der Waals surface area contributed by atoms with Gasteiger partial charge >= 0.3 is 0 Å². The van der Waals surface area contributed by atoms with Crippen LogP contribution in [0.5, 0.6) is 5.75 Å². The van der Waals surface area contributed by atoms with E-state index < -0.39 is 0 Å². The SMILES string of the molecule is COCC(CNCC(C)C)Oc1cccc2cccnc12. The highest BCUT2D eigenvalue weighted by molar-refractivity contribution is 5.84. The molecular formula is C17H24N2O2. The van der Waals surface area contributed by atoms with E-state index >= 15 is 0 Å². The lowest BCUT2D eigenvalue weighted by molar-refractivity contribution is 0.0811. The maximum Gasteiger partial charge on any atom is 0.146 e. The molecule has 0 radical (unpaired) electrons. The number of aromatic nitrogens is 1. The van der Waals surface area contributed by atoms with E-state index in [0.29, 0.717) is 12.5 Å². The maximum absolute atomic E-state index is 6.10. The van der Waals surface area contributed by atoms with Crippen LogP contribution in [0.1, 0.15) is 13.8 Å². The van der Waals surface area contributed by atoms with Crippen molar-refractivity contribution in [3.63, 3.8) is 0 Å². The predicted molar refractivity (Wildman–Crippen MR) is 85.7 cm³/mol. The van der Waals surface area contributed by atoms with E-state index in [1.165, 1.54) is 0 Å². The zero-order chi connectivity index (χ0) is 15.1. The second-order valence-corrected chi connectivity index (χ2v) is 5.58. The summed E-state index contributed by atoms with van der Waals surface area (Å²) < 4.78 is 11.4. The predicted octanol–water partition coefficient (Wildman–Crippen LogP) is 2.87. The fourth-order valence-corrected chi connectivity index (χ4v) is 2.20. The van der Waals surface area contributed by atoms with E-state index in [0.717, 1.165) is 29.7 Å². The van der Waals surface area contributed by atoms with Gasteiger partial charge in [0.2, 0.25) is 0 Å². The van der Waals surface area contributed by atoms with Crippen LogP contribution in [0.25, 0.3) is 10.9 Å². The van der Waals surface area contributed by atoms with Gasteiger partial charge in [-0.25, -0.2) is 0 Å². The van der Waals surface area contributed by atoms with E-state index in [2.05, 4.69) is 24.1 Å². The molecule has 1 atom stereocenters. The number of nitrogens with one attached hydrogen (secondary N) is 1. The Labute approximate surface area is 126 Å². The van der Waals surface area contributed by atoms with Crippen LogP contribution in [0, 0.1) is 5.92 Å². The zero-order valence-corrected chi connectivity index (χ0v) is 13.0. The summed E-state index contributed by atoms with van der Waals surface area (Å²) in [5, 5.41) is 4.50. The normalized spacial score (nSPS) is 12.8. The van der Waals surface area contributed by atoms with Gasteiger partial charge in [-0.3, -0.25) is 4.98 Å². The third-order valence-corrected chi connectivity index (χ3v) is 3.17. The highest BCUT2D eigenvalue weighted by Gasteiger charge is 2.12. The summed E-state index contributed by atoms with van der Waals surface area (Å²) in [5.74, 6) is 1.42. The molecule has 1 heterocycles. The second-order valence-electron chi connectivity index (χ2n) is 5.58. The minimum atomic E-state index is -0.0265. The Morgan fingerprint density at radius 1 is 1.14 bits per heavy atom. The Morgan fingerprint density at radius 2 is 1.95 bits per heavy atom. The summed E-state index contributed by atoms with van der Waals surface area (Å²) in [6.45, 7) is 6.66. The van der Waals surface area contributed by atoms with E-state index in [1.807, 2.05) is 30.3 Å². The first-order valence-electron chi connectivity index (χ1n) is 7.40. The molecule has 1 aromatic carbocycles. The van der Waals surface area contributed by atoms with Gasteiger partial charge in [0.15, 0.2) is 0 Å². The third-order valence-electron chi connectivity index (χ3n) is 3.17. The van der Waals surface area contributed by atoms with Crippen molar-refractivity contribution in [3.8, 4) is 5.75 Å². The first-order valence-corrected chi connectivity index (χ1v) is 7.40. The largest absolute Gasteiger partial charge is 0.484 e. The van der Waals surface area contributed by atoms with Crippen LogP contribution in [0.4, 0.5) is 0 Å². The summed E-state index contributed by atoms with van der Waals surface area (Å²) in [7, 11) is 1.69. The number of hydrogen-bond acceptors (Lipinski definition) is 4. The van der Waals surface area contributed by atoms with Crippen LogP contribution < -0.4 is 10.1 Å². The Hall–Kier alpha value is -1.65. The summed E-state index contributed by atoms with van der Waals surface area (Å²) in [5.41, 5.74) is 0.893. The lowest BCUT2D eigenvalue weighted by Crippen LogP contribution is -2.36. The van der Waals surface area contributed by atoms with Crippen molar-refractivity contribution in [2.75, 3.05) is 26.8 Å². The van der Waals surface area contributed by atoms with Crippen molar-refractivity contribution in [2.24, 2.45) is 5.92 Å². The van der Waals surface area contributed by atoms with Crippen LogP contribution in [0.3, 0.4) is 0 Å². The number of fused-ring (bicyclic) bond motifs is 1. The van der Waals surface area contributed by atoms with Gasteiger partial charge < -0.3 is 14.8 Å². The first kappa shape index (κ1) is 15.7. The molecule has 0 amide bonds. The lowest BCUT2D eigenvalue weighted by atomic mass is 10.2. The van der Waals surface area contributed by atoms with Gasteiger partial charge in [-0.2, -0.15) is 0 Å². The number of rotatable bonds is 8. The lowest BCUT2D eigenvalue weighted by Gasteiger charge is -2.20. The number of hydrogen-bond donors (Lipinski definition) is 1. The van der Waals surface area contributed by atoms with Crippen LogP contribution >= 0.6 is 0 Å². The number of benzene rings is 1. The van der Waals surface area contributed by atoms with Crippen molar-refractivity contribution >= 4 is 10.9 Å². The Balaban J connectivity index is 2.07. The van der Waals surface area contributed by atoms with Gasteiger partial charge in [-0.1, -0.05) is 32.0 Å². The summed E-state index contributed by atoms with van der Waals surface area (Å²) in [6, 6.07) is 9.96. The molecule has 0 spiro atoms. The van der Waals surface area contributed by atoms with E-state index in [9.17, 15) is 0 Å². The topological polar surface area (TPSA) is 43.4 Å². The fraction of sp³-hybridized carbons (Fsp3) is 0.471. The van der Waals surface area contributed by atoms with Crippen molar-refractivity contribution in [1.82, 2.24) is 10.3 Å². The molecule has 21 heavy (non-hydrogen) atoms. The van der Waals surface area contributed by atoms with Crippen LogP contribution in [-0.4, -0.2) is 37.9 Å². The highest BCUT2D eigenvalue weighted by atomic mass is 16.5. The minimum Gasteiger partial charge on any atom is -0.484 e. The number of pyridine rings is 1. The average molecular weight is 288 g/mol. The Morgan fingerprint density at radius 3 is 2.71 bits per heavy atom. The Bertz CT molecular complexity index is 552. The molecule has 0 saturated carbocycles. The maximum atomic E-state index is 6.10. The van der Waals surface area contributed by atoms with E-state index in [4.69, 9.17) is 9.47 Å². The number of methoxy groups -OCH3 is 1. The zero-order valence-electron chi connectivity index (χ0n) is 13.0. The van der Waals surface area contributed by atoms with Crippen molar-refractivity contribution in [2.45, 2.75) is 20.0 Å². The van der Waals surface area contributed by atoms with Crippen molar-refractivity contribution in [1.29, 1.82) is 0 Å². The molecule has 2 rings (SSSR count).